The van der Waals surface area contributed by atoms with Gasteiger partial charge in [0.2, 0.25) is 5.91 Å². The number of carbonyl (C=O) groups is 4. The zero-order valence-corrected chi connectivity index (χ0v) is 15.3. The molecule has 1 saturated heterocycles. The predicted molar refractivity (Wildman–Crippen MR) is 93.2 cm³/mol. The molecule has 1 aromatic carbocycles. The molecule has 2 rings (SSSR count). The number of amides is 4. The fourth-order valence-electron chi connectivity index (χ4n) is 2.30. The van der Waals surface area contributed by atoms with E-state index >= 15 is 0 Å². The lowest BCUT2D eigenvalue weighted by molar-refractivity contribution is -0.130. The van der Waals surface area contributed by atoms with Crippen molar-refractivity contribution in [3.05, 3.63) is 35.4 Å². The zero-order chi connectivity index (χ0) is 19.5. The van der Waals surface area contributed by atoms with Gasteiger partial charge in [0.25, 0.3) is 5.91 Å². The Morgan fingerprint density at radius 3 is 2.35 bits per heavy atom. The molecule has 0 aromatic heterocycles. The van der Waals surface area contributed by atoms with Crippen LogP contribution in [0.15, 0.2) is 24.3 Å². The fraction of sp³-hybridized carbons (Fsp3) is 0.444. The maximum absolute atomic E-state index is 12.2. The van der Waals surface area contributed by atoms with Crippen LogP contribution in [0, 0.1) is 0 Å². The van der Waals surface area contributed by atoms with Crippen LogP contribution in [0.3, 0.4) is 0 Å². The summed E-state index contributed by atoms with van der Waals surface area (Å²) in [7, 11) is 0. The summed E-state index contributed by atoms with van der Waals surface area (Å²) in [6.07, 6.45) is -0.924. The molecule has 1 aliphatic heterocycles. The summed E-state index contributed by atoms with van der Waals surface area (Å²) < 4.78 is 5.17. The number of urea groups is 1. The molecule has 0 spiro atoms. The molecule has 0 bridgehead atoms. The van der Waals surface area contributed by atoms with Crippen molar-refractivity contribution in [1.29, 1.82) is 0 Å². The van der Waals surface area contributed by atoms with E-state index < -0.39 is 23.6 Å². The minimum absolute atomic E-state index is 0.00222. The van der Waals surface area contributed by atoms with Crippen LogP contribution < -0.4 is 10.6 Å². The van der Waals surface area contributed by atoms with Crippen molar-refractivity contribution in [1.82, 2.24) is 15.5 Å². The lowest BCUT2D eigenvalue weighted by Gasteiger charge is -2.23. The molecule has 140 valence electrons. The standard InChI is InChI=1S/C18H23N3O5/c1-11(15(23)20-18(2,3)4)26-16(24)13-7-5-12(6-8-13)10-21-14(22)9-19-17(21)25/h5-8,11H,9-10H2,1-4H3,(H,19,25)(H,20,23). The molecule has 2 N–H and O–H groups in total. The number of carbonyl (C=O) groups excluding carboxylic acids is 4. The highest BCUT2D eigenvalue weighted by Gasteiger charge is 2.28. The topological polar surface area (TPSA) is 105 Å². The number of rotatable bonds is 5. The number of nitrogens with one attached hydrogen (secondary N) is 2. The normalized spacial score (nSPS) is 15.5. The second kappa shape index (κ2) is 7.55. The third-order valence-electron chi connectivity index (χ3n) is 3.62. The van der Waals surface area contributed by atoms with E-state index in [1.807, 2.05) is 20.8 Å². The van der Waals surface area contributed by atoms with E-state index in [0.717, 1.165) is 4.90 Å². The summed E-state index contributed by atoms with van der Waals surface area (Å²) in [5.41, 5.74) is 0.561. The fourth-order valence-corrected chi connectivity index (χ4v) is 2.30. The second-order valence-corrected chi connectivity index (χ2v) is 7.12. The van der Waals surface area contributed by atoms with Gasteiger partial charge in [-0.05, 0) is 45.4 Å². The summed E-state index contributed by atoms with van der Waals surface area (Å²) >= 11 is 0. The maximum atomic E-state index is 12.2. The lowest BCUT2D eigenvalue weighted by atomic mass is 10.1. The quantitative estimate of drug-likeness (QED) is 0.606. The Kier molecular flexibility index (Phi) is 5.64. The van der Waals surface area contributed by atoms with Crippen molar-refractivity contribution in [2.45, 2.75) is 45.9 Å². The molecule has 8 heteroatoms. The highest BCUT2D eigenvalue weighted by Crippen LogP contribution is 2.12. The summed E-state index contributed by atoms with van der Waals surface area (Å²) in [4.78, 5) is 48.3. The molecular weight excluding hydrogens is 338 g/mol. The molecular formula is C18H23N3O5. The third kappa shape index (κ3) is 5.05. The summed E-state index contributed by atoms with van der Waals surface area (Å²) in [5, 5.41) is 5.18. The van der Waals surface area contributed by atoms with Gasteiger partial charge < -0.3 is 15.4 Å². The van der Waals surface area contributed by atoms with Gasteiger partial charge in [-0.2, -0.15) is 0 Å². The molecule has 1 aromatic rings. The molecule has 0 aliphatic carbocycles. The van der Waals surface area contributed by atoms with Gasteiger partial charge in [0.15, 0.2) is 6.10 Å². The van der Waals surface area contributed by atoms with E-state index in [-0.39, 0.29) is 30.5 Å². The van der Waals surface area contributed by atoms with Crippen molar-refractivity contribution in [3.63, 3.8) is 0 Å². The number of nitrogens with zero attached hydrogens (tertiary/aromatic N) is 1. The molecule has 4 amide bonds. The van der Waals surface area contributed by atoms with Crippen LogP contribution in [0.25, 0.3) is 0 Å². The SMILES string of the molecule is CC(OC(=O)c1ccc(CN2C(=O)CNC2=O)cc1)C(=O)NC(C)(C)C. The molecule has 0 radical (unpaired) electrons. The molecule has 1 aliphatic rings. The van der Waals surface area contributed by atoms with Crippen molar-refractivity contribution in [3.8, 4) is 0 Å². The Labute approximate surface area is 151 Å². The number of benzene rings is 1. The van der Waals surface area contributed by atoms with Crippen molar-refractivity contribution in [2.24, 2.45) is 0 Å². The Bertz CT molecular complexity index is 705. The van der Waals surface area contributed by atoms with Gasteiger partial charge in [-0.1, -0.05) is 12.1 Å². The highest BCUT2D eigenvalue weighted by molar-refractivity contribution is 6.01. The van der Waals surface area contributed by atoms with Gasteiger partial charge in [-0.3, -0.25) is 14.5 Å². The Morgan fingerprint density at radius 1 is 1.23 bits per heavy atom. The Balaban J connectivity index is 1.95. The predicted octanol–water partition coefficient (Wildman–Crippen LogP) is 1.20. The smallest absolute Gasteiger partial charge is 0.338 e. The minimum Gasteiger partial charge on any atom is -0.449 e. The Hall–Kier alpha value is -2.90. The first-order chi connectivity index (χ1) is 12.1. The largest absolute Gasteiger partial charge is 0.449 e. The Morgan fingerprint density at radius 2 is 1.85 bits per heavy atom. The summed E-state index contributed by atoms with van der Waals surface area (Å²) in [5.74, 6) is -1.29. The van der Waals surface area contributed by atoms with Crippen LogP contribution in [0.5, 0.6) is 0 Å². The van der Waals surface area contributed by atoms with Gasteiger partial charge in [0.05, 0.1) is 18.7 Å². The van der Waals surface area contributed by atoms with E-state index in [2.05, 4.69) is 10.6 Å². The van der Waals surface area contributed by atoms with Crippen LogP contribution in [-0.4, -0.2) is 46.9 Å². The molecule has 8 nitrogen and oxygen atoms in total. The summed E-state index contributed by atoms with van der Waals surface area (Å²) in [6, 6.07) is 5.90. The minimum atomic E-state index is -0.924. The van der Waals surface area contributed by atoms with Gasteiger partial charge in [0.1, 0.15) is 0 Å². The van der Waals surface area contributed by atoms with Gasteiger partial charge in [0, 0.05) is 5.54 Å². The van der Waals surface area contributed by atoms with Crippen molar-refractivity contribution in [2.75, 3.05) is 6.54 Å². The van der Waals surface area contributed by atoms with Crippen molar-refractivity contribution >= 4 is 23.8 Å². The molecule has 26 heavy (non-hydrogen) atoms. The van der Waals surface area contributed by atoms with E-state index in [9.17, 15) is 19.2 Å². The lowest BCUT2D eigenvalue weighted by Crippen LogP contribution is -2.46. The van der Waals surface area contributed by atoms with E-state index in [1.54, 1.807) is 12.1 Å². The average molecular weight is 361 g/mol. The number of hydrogen-bond donors (Lipinski definition) is 2. The molecule has 0 saturated carbocycles. The maximum Gasteiger partial charge on any atom is 0.338 e. The summed E-state index contributed by atoms with van der Waals surface area (Å²) in [6.45, 7) is 7.14. The van der Waals surface area contributed by atoms with Gasteiger partial charge in [-0.25, -0.2) is 9.59 Å². The monoisotopic (exact) mass is 361 g/mol. The number of imide groups is 1. The van der Waals surface area contributed by atoms with Gasteiger partial charge >= 0.3 is 12.0 Å². The van der Waals surface area contributed by atoms with Crippen LogP contribution in [0.2, 0.25) is 0 Å². The number of esters is 1. The number of hydrogen-bond acceptors (Lipinski definition) is 5. The molecule has 1 heterocycles. The first-order valence-corrected chi connectivity index (χ1v) is 8.27. The van der Waals surface area contributed by atoms with Crippen LogP contribution in [0.4, 0.5) is 4.79 Å². The first-order valence-electron chi connectivity index (χ1n) is 8.27. The van der Waals surface area contributed by atoms with E-state index in [4.69, 9.17) is 4.74 Å². The highest BCUT2D eigenvalue weighted by atomic mass is 16.5. The molecule has 1 fully saturated rings. The van der Waals surface area contributed by atoms with E-state index in [1.165, 1.54) is 19.1 Å². The molecule has 1 unspecified atom stereocenters. The first kappa shape index (κ1) is 19.4. The molecule has 1 atom stereocenters. The van der Waals surface area contributed by atoms with Crippen LogP contribution in [-0.2, 0) is 20.9 Å². The average Bonchev–Trinajstić information content (AvgIpc) is 2.85. The number of ether oxygens (including phenoxy) is 1. The third-order valence-corrected chi connectivity index (χ3v) is 3.62. The zero-order valence-electron chi connectivity index (χ0n) is 15.3. The van der Waals surface area contributed by atoms with Crippen molar-refractivity contribution < 1.29 is 23.9 Å². The van der Waals surface area contributed by atoms with E-state index in [0.29, 0.717) is 5.56 Å². The van der Waals surface area contributed by atoms with Crippen LogP contribution in [0.1, 0.15) is 43.6 Å². The van der Waals surface area contributed by atoms with Gasteiger partial charge in [-0.15, -0.1) is 0 Å². The second-order valence-electron chi connectivity index (χ2n) is 7.12. The van der Waals surface area contributed by atoms with Crippen LogP contribution >= 0.6 is 0 Å².